The van der Waals surface area contributed by atoms with Crippen LogP contribution in [-0.4, -0.2) is 51.1 Å². The number of benzene rings is 2. The van der Waals surface area contributed by atoms with E-state index in [4.69, 9.17) is 9.47 Å². The van der Waals surface area contributed by atoms with E-state index in [9.17, 15) is 4.79 Å². The van der Waals surface area contributed by atoms with E-state index in [1.165, 1.54) is 4.90 Å². The van der Waals surface area contributed by atoms with E-state index in [0.717, 1.165) is 11.1 Å². The van der Waals surface area contributed by atoms with Crippen molar-refractivity contribution in [3.63, 3.8) is 0 Å². The summed E-state index contributed by atoms with van der Waals surface area (Å²) >= 11 is 0. The van der Waals surface area contributed by atoms with Gasteiger partial charge in [0.25, 0.3) is 0 Å². The molecule has 2 aromatic carbocycles. The lowest BCUT2D eigenvalue weighted by Crippen LogP contribution is -2.42. The minimum Gasteiger partial charge on any atom is -0.493 e. The maximum Gasteiger partial charge on any atom is 0.241 e. The fourth-order valence-electron chi connectivity index (χ4n) is 2.49. The highest BCUT2D eigenvalue weighted by molar-refractivity contribution is 5.86. The largest absolute Gasteiger partial charge is 0.493 e. The number of hydrogen-bond acceptors (Lipinski definition) is 4. The molecule has 2 N–H and O–H groups in total. The van der Waals surface area contributed by atoms with Crippen molar-refractivity contribution in [3.8, 4) is 11.5 Å². The first-order chi connectivity index (χ1) is 14.0. The number of hydrogen-bond donors (Lipinski definition) is 2. The molecule has 0 unspecified atom stereocenters. The van der Waals surface area contributed by atoms with Crippen molar-refractivity contribution >= 4 is 11.9 Å². The minimum atomic E-state index is -0.0165. The van der Waals surface area contributed by atoms with Crippen LogP contribution in [0.2, 0.25) is 0 Å². The predicted molar refractivity (Wildman–Crippen MR) is 115 cm³/mol. The number of nitrogens with one attached hydrogen (secondary N) is 2. The SMILES string of the molecule is CCNC(=NCc1ccc(OCc2ccccc2)c(OC)c1)NCC(=O)N(C)C. The van der Waals surface area contributed by atoms with E-state index in [0.29, 0.717) is 37.2 Å². The number of guanidine groups is 1. The Morgan fingerprint density at radius 3 is 2.45 bits per heavy atom. The number of methoxy groups -OCH3 is 1. The molecule has 0 aliphatic rings. The number of aliphatic imine (C=N–C) groups is 1. The summed E-state index contributed by atoms with van der Waals surface area (Å²) in [6.07, 6.45) is 0. The van der Waals surface area contributed by atoms with E-state index in [2.05, 4.69) is 15.6 Å². The fourth-order valence-corrected chi connectivity index (χ4v) is 2.49. The van der Waals surface area contributed by atoms with Crippen LogP contribution in [0.25, 0.3) is 0 Å². The highest BCUT2D eigenvalue weighted by atomic mass is 16.5. The summed E-state index contributed by atoms with van der Waals surface area (Å²) in [5.74, 6) is 1.92. The van der Waals surface area contributed by atoms with E-state index >= 15 is 0 Å². The molecule has 2 aromatic rings. The number of carbonyl (C=O) groups is 1. The second-order valence-corrected chi connectivity index (χ2v) is 6.60. The zero-order chi connectivity index (χ0) is 21.1. The van der Waals surface area contributed by atoms with E-state index in [-0.39, 0.29) is 12.5 Å². The third-order valence-corrected chi connectivity index (χ3v) is 4.14. The Bertz CT molecular complexity index is 807. The highest BCUT2D eigenvalue weighted by Gasteiger charge is 2.08. The molecule has 156 valence electrons. The van der Waals surface area contributed by atoms with Crippen molar-refractivity contribution < 1.29 is 14.3 Å². The molecule has 0 aromatic heterocycles. The van der Waals surface area contributed by atoms with Crippen LogP contribution >= 0.6 is 0 Å². The molecule has 0 saturated carbocycles. The van der Waals surface area contributed by atoms with E-state index in [1.54, 1.807) is 21.2 Å². The number of likely N-dealkylation sites (N-methyl/N-ethyl adjacent to an activating group) is 1. The number of amides is 1. The van der Waals surface area contributed by atoms with Gasteiger partial charge in [-0.1, -0.05) is 36.4 Å². The summed E-state index contributed by atoms with van der Waals surface area (Å²) < 4.78 is 11.4. The first kappa shape index (κ1) is 22.1. The maximum absolute atomic E-state index is 11.8. The van der Waals surface area contributed by atoms with Gasteiger partial charge >= 0.3 is 0 Å². The van der Waals surface area contributed by atoms with Crippen molar-refractivity contribution in [1.29, 1.82) is 0 Å². The summed E-state index contributed by atoms with van der Waals surface area (Å²) in [6, 6.07) is 15.8. The third kappa shape index (κ3) is 7.37. The monoisotopic (exact) mass is 398 g/mol. The third-order valence-electron chi connectivity index (χ3n) is 4.14. The van der Waals surface area contributed by atoms with Crippen LogP contribution in [0.5, 0.6) is 11.5 Å². The van der Waals surface area contributed by atoms with Gasteiger partial charge in [0.1, 0.15) is 6.61 Å². The summed E-state index contributed by atoms with van der Waals surface area (Å²) in [4.78, 5) is 17.8. The number of ether oxygens (including phenoxy) is 2. The number of nitrogens with zero attached hydrogens (tertiary/aromatic N) is 2. The molecule has 0 aliphatic carbocycles. The second kappa shape index (κ2) is 11.6. The molecule has 0 spiro atoms. The average Bonchev–Trinajstić information content (AvgIpc) is 2.74. The lowest BCUT2D eigenvalue weighted by atomic mass is 10.2. The van der Waals surface area contributed by atoms with Crippen molar-refractivity contribution in [2.24, 2.45) is 4.99 Å². The summed E-state index contributed by atoms with van der Waals surface area (Å²) in [5, 5.41) is 6.18. The molecule has 0 bridgehead atoms. The maximum atomic E-state index is 11.8. The van der Waals surface area contributed by atoms with Crippen LogP contribution < -0.4 is 20.1 Å². The molecule has 2 rings (SSSR count). The van der Waals surface area contributed by atoms with Crippen molar-refractivity contribution in [2.75, 3.05) is 34.3 Å². The van der Waals surface area contributed by atoms with E-state index in [1.807, 2.05) is 55.5 Å². The molecule has 0 heterocycles. The molecular weight excluding hydrogens is 368 g/mol. The van der Waals surface area contributed by atoms with Crippen molar-refractivity contribution in [1.82, 2.24) is 15.5 Å². The van der Waals surface area contributed by atoms with Gasteiger partial charge in [-0.3, -0.25) is 4.79 Å². The standard InChI is InChI=1S/C22H30N4O3/c1-5-23-22(25-15-21(27)26(2)3)24-14-18-11-12-19(20(13-18)28-4)29-16-17-9-7-6-8-10-17/h6-13H,5,14-16H2,1-4H3,(H2,23,24,25). The van der Waals surface area contributed by atoms with Gasteiger partial charge in [-0.05, 0) is 30.2 Å². The van der Waals surface area contributed by atoms with Gasteiger partial charge in [-0.25, -0.2) is 4.99 Å². The lowest BCUT2D eigenvalue weighted by molar-refractivity contribution is -0.127. The molecule has 7 nitrogen and oxygen atoms in total. The van der Waals surface area contributed by atoms with Gasteiger partial charge < -0.3 is 25.0 Å². The van der Waals surface area contributed by atoms with Gasteiger partial charge in [0.15, 0.2) is 17.5 Å². The Morgan fingerprint density at radius 2 is 1.79 bits per heavy atom. The van der Waals surface area contributed by atoms with Crippen molar-refractivity contribution in [3.05, 3.63) is 59.7 Å². The molecule has 0 radical (unpaired) electrons. The lowest BCUT2D eigenvalue weighted by Gasteiger charge is -2.14. The molecular formula is C22H30N4O3. The highest BCUT2D eigenvalue weighted by Crippen LogP contribution is 2.29. The Hall–Kier alpha value is -3.22. The predicted octanol–water partition coefficient (Wildman–Crippen LogP) is 2.42. The van der Waals surface area contributed by atoms with Gasteiger partial charge in [0, 0.05) is 20.6 Å². The Kier molecular flexibility index (Phi) is 8.82. The number of rotatable bonds is 9. The summed E-state index contributed by atoms with van der Waals surface area (Å²) in [7, 11) is 5.07. The Labute approximate surface area is 172 Å². The molecule has 29 heavy (non-hydrogen) atoms. The van der Waals surface area contributed by atoms with Crippen LogP contribution in [0.3, 0.4) is 0 Å². The first-order valence-electron chi connectivity index (χ1n) is 9.59. The van der Waals surface area contributed by atoms with Crippen molar-refractivity contribution in [2.45, 2.75) is 20.1 Å². The van der Waals surface area contributed by atoms with Crippen LogP contribution in [0.1, 0.15) is 18.1 Å². The minimum absolute atomic E-state index is 0.0165. The normalized spacial score (nSPS) is 11.0. The second-order valence-electron chi connectivity index (χ2n) is 6.60. The van der Waals surface area contributed by atoms with Crippen LogP contribution in [0, 0.1) is 0 Å². The van der Waals surface area contributed by atoms with Crippen LogP contribution in [0.4, 0.5) is 0 Å². The fraction of sp³-hybridized carbons (Fsp3) is 0.364. The molecule has 1 amide bonds. The topological polar surface area (TPSA) is 75.2 Å². The smallest absolute Gasteiger partial charge is 0.241 e. The van der Waals surface area contributed by atoms with Crippen LogP contribution in [0.15, 0.2) is 53.5 Å². The Balaban J connectivity index is 2.01. The molecule has 0 aliphatic heterocycles. The van der Waals surface area contributed by atoms with Crippen LogP contribution in [-0.2, 0) is 17.9 Å². The zero-order valence-electron chi connectivity index (χ0n) is 17.6. The molecule has 0 fully saturated rings. The zero-order valence-corrected chi connectivity index (χ0v) is 17.6. The quantitative estimate of drug-likeness (QED) is 0.501. The molecule has 0 atom stereocenters. The summed E-state index contributed by atoms with van der Waals surface area (Å²) in [6.45, 7) is 3.79. The first-order valence-corrected chi connectivity index (χ1v) is 9.59. The van der Waals surface area contributed by atoms with Gasteiger partial charge in [-0.2, -0.15) is 0 Å². The Morgan fingerprint density at radius 1 is 1.03 bits per heavy atom. The molecule has 7 heteroatoms. The number of carbonyl (C=O) groups excluding carboxylic acids is 1. The average molecular weight is 399 g/mol. The van der Waals surface area contributed by atoms with Gasteiger partial charge in [0.05, 0.1) is 20.2 Å². The van der Waals surface area contributed by atoms with Gasteiger partial charge in [-0.15, -0.1) is 0 Å². The molecule has 0 saturated heterocycles. The van der Waals surface area contributed by atoms with Gasteiger partial charge in [0.2, 0.25) is 5.91 Å². The summed E-state index contributed by atoms with van der Waals surface area (Å²) in [5.41, 5.74) is 2.07. The van der Waals surface area contributed by atoms with E-state index < -0.39 is 0 Å².